The molecule has 2 aromatic carbocycles. The van der Waals surface area contributed by atoms with E-state index in [1.165, 1.54) is 36.6 Å². The highest BCUT2D eigenvalue weighted by Gasteiger charge is 2.27. The average molecular weight is 390 g/mol. The minimum absolute atomic E-state index is 0.0852. The second-order valence-corrected chi connectivity index (χ2v) is 7.00. The van der Waals surface area contributed by atoms with Crippen LogP contribution in [0, 0.1) is 29.2 Å². The van der Waals surface area contributed by atoms with E-state index in [1.807, 2.05) is 6.08 Å². The number of hydrogen-bond donors (Lipinski definition) is 0. The zero-order valence-electron chi connectivity index (χ0n) is 15.7. The minimum atomic E-state index is -1.28. The van der Waals surface area contributed by atoms with E-state index in [9.17, 15) is 17.6 Å². The zero-order chi connectivity index (χ0) is 20.3. The van der Waals surface area contributed by atoms with Gasteiger partial charge in [-0.2, -0.15) is 4.39 Å². The number of benzene rings is 2. The topological polar surface area (TPSA) is 9.23 Å². The summed E-state index contributed by atoms with van der Waals surface area (Å²) >= 11 is 0. The maximum atomic E-state index is 14.7. The molecule has 0 aromatic heterocycles. The molecule has 148 valence electrons. The molecular weight excluding hydrogens is 368 g/mol. The first-order valence-electron chi connectivity index (χ1n) is 9.34. The van der Waals surface area contributed by atoms with Crippen molar-refractivity contribution < 1.29 is 22.3 Å². The van der Waals surface area contributed by atoms with E-state index in [0.717, 1.165) is 25.7 Å². The van der Waals surface area contributed by atoms with Crippen molar-refractivity contribution in [1.29, 1.82) is 0 Å². The Bertz CT molecular complexity index is 896. The molecule has 0 atom stereocenters. The molecule has 0 saturated heterocycles. The third kappa shape index (κ3) is 3.84. The van der Waals surface area contributed by atoms with Crippen LogP contribution in [0.5, 0.6) is 5.75 Å². The van der Waals surface area contributed by atoms with Crippen LogP contribution in [0.4, 0.5) is 17.6 Å². The van der Waals surface area contributed by atoms with Crippen LogP contribution in [0.1, 0.15) is 44.1 Å². The molecule has 0 N–H and O–H groups in total. The number of allylic oxidation sites excluding steroid dienone is 2. The fraction of sp³-hybridized carbons (Fsp3) is 0.304. The Morgan fingerprint density at radius 3 is 2.07 bits per heavy atom. The molecule has 0 bridgehead atoms. The summed E-state index contributed by atoms with van der Waals surface area (Å²) in [6.07, 6.45) is 7.86. The molecule has 1 fully saturated rings. The molecule has 28 heavy (non-hydrogen) atoms. The highest BCUT2D eigenvalue weighted by atomic mass is 19.2. The fourth-order valence-electron chi connectivity index (χ4n) is 3.73. The van der Waals surface area contributed by atoms with Gasteiger partial charge in [0, 0.05) is 11.1 Å². The van der Waals surface area contributed by atoms with Gasteiger partial charge in [-0.15, -0.1) is 6.58 Å². The van der Waals surface area contributed by atoms with Crippen molar-refractivity contribution in [2.45, 2.75) is 38.5 Å². The third-order valence-corrected chi connectivity index (χ3v) is 5.33. The van der Waals surface area contributed by atoms with Gasteiger partial charge in [-0.1, -0.05) is 24.3 Å². The smallest absolute Gasteiger partial charge is 0.201 e. The van der Waals surface area contributed by atoms with Gasteiger partial charge in [-0.25, -0.2) is 13.2 Å². The van der Waals surface area contributed by atoms with Gasteiger partial charge >= 0.3 is 0 Å². The van der Waals surface area contributed by atoms with Crippen LogP contribution >= 0.6 is 0 Å². The Labute approximate surface area is 162 Å². The minimum Gasteiger partial charge on any atom is -0.462 e. The van der Waals surface area contributed by atoms with E-state index < -0.39 is 23.3 Å². The molecule has 1 aliphatic carbocycles. The molecule has 3 rings (SSSR count). The zero-order valence-corrected chi connectivity index (χ0v) is 15.7. The molecule has 1 nitrogen and oxygen atoms in total. The first-order chi connectivity index (χ1) is 13.5. The van der Waals surface area contributed by atoms with Crippen molar-refractivity contribution in [3.63, 3.8) is 0 Å². The van der Waals surface area contributed by atoms with Gasteiger partial charge in [0.25, 0.3) is 0 Å². The number of halogens is 4. The molecule has 5 heteroatoms. The quantitative estimate of drug-likeness (QED) is 0.296. The normalized spacial score (nSPS) is 19.8. The Hall–Kier alpha value is -2.56. The lowest BCUT2D eigenvalue weighted by atomic mass is 9.78. The standard InChI is InChI=1S/C23H22F4O/c1-3-13-28-19-12-11-18(22(26)23(19)27)17-10-9-16(20(24)21(17)25)15-7-5-14(4-2)6-8-15/h3-4,9-15H,2,5-8H2,1H3. The predicted molar refractivity (Wildman–Crippen MR) is 102 cm³/mol. The molecule has 2 aromatic rings. The Balaban J connectivity index is 1.93. The number of hydrogen-bond acceptors (Lipinski definition) is 1. The lowest BCUT2D eigenvalue weighted by Gasteiger charge is -2.27. The molecule has 0 aliphatic heterocycles. The van der Waals surface area contributed by atoms with Crippen LogP contribution in [0.15, 0.2) is 49.3 Å². The van der Waals surface area contributed by atoms with E-state index >= 15 is 0 Å². The maximum absolute atomic E-state index is 14.7. The first kappa shape index (κ1) is 20.2. The van der Waals surface area contributed by atoms with Crippen LogP contribution in [-0.4, -0.2) is 0 Å². The van der Waals surface area contributed by atoms with Gasteiger partial charge in [-0.05, 0) is 62.1 Å². The molecule has 0 heterocycles. The summed E-state index contributed by atoms with van der Waals surface area (Å²) in [6, 6.07) is 5.17. The van der Waals surface area contributed by atoms with Crippen LogP contribution in [-0.2, 0) is 0 Å². The van der Waals surface area contributed by atoms with Crippen molar-refractivity contribution in [3.8, 4) is 16.9 Å². The van der Waals surface area contributed by atoms with Gasteiger partial charge in [-0.3, -0.25) is 0 Å². The van der Waals surface area contributed by atoms with E-state index in [0.29, 0.717) is 5.92 Å². The fourth-order valence-corrected chi connectivity index (χ4v) is 3.73. The largest absolute Gasteiger partial charge is 0.462 e. The average Bonchev–Trinajstić information content (AvgIpc) is 2.72. The van der Waals surface area contributed by atoms with Crippen molar-refractivity contribution in [3.05, 3.63) is 78.1 Å². The van der Waals surface area contributed by atoms with Crippen molar-refractivity contribution >= 4 is 0 Å². The summed E-state index contributed by atoms with van der Waals surface area (Å²) in [7, 11) is 0. The number of rotatable bonds is 5. The van der Waals surface area contributed by atoms with Crippen LogP contribution < -0.4 is 4.74 Å². The summed E-state index contributed by atoms with van der Waals surface area (Å²) in [5, 5.41) is 0. The van der Waals surface area contributed by atoms with Gasteiger partial charge in [0.15, 0.2) is 23.2 Å². The molecule has 0 spiro atoms. The summed E-state index contributed by atoms with van der Waals surface area (Å²) in [5.41, 5.74) is -0.365. The third-order valence-electron chi connectivity index (χ3n) is 5.33. The van der Waals surface area contributed by atoms with Gasteiger partial charge in [0.1, 0.15) is 0 Å². The maximum Gasteiger partial charge on any atom is 0.201 e. The van der Waals surface area contributed by atoms with E-state index in [-0.39, 0.29) is 28.4 Å². The van der Waals surface area contributed by atoms with E-state index in [4.69, 9.17) is 4.74 Å². The Morgan fingerprint density at radius 1 is 0.857 bits per heavy atom. The molecule has 0 unspecified atom stereocenters. The molecule has 0 amide bonds. The van der Waals surface area contributed by atoms with Gasteiger partial charge < -0.3 is 4.74 Å². The highest BCUT2D eigenvalue weighted by molar-refractivity contribution is 5.66. The Morgan fingerprint density at radius 2 is 1.46 bits per heavy atom. The summed E-state index contributed by atoms with van der Waals surface area (Å²) in [6.45, 7) is 5.44. The lowest BCUT2D eigenvalue weighted by Crippen LogP contribution is -2.13. The van der Waals surface area contributed by atoms with E-state index in [1.54, 1.807) is 6.92 Å². The summed E-state index contributed by atoms with van der Waals surface area (Å²) < 4.78 is 63.1. The molecule has 0 radical (unpaired) electrons. The first-order valence-corrected chi connectivity index (χ1v) is 9.34. The van der Waals surface area contributed by atoms with Crippen molar-refractivity contribution in [2.75, 3.05) is 0 Å². The second kappa shape index (κ2) is 8.63. The summed E-state index contributed by atoms with van der Waals surface area (Å²) in [5.74, 6) is -4.68. The highest BCUT2D eigenvalue weighted by Crippen LogP contribution is 2.40. The lowest BCUT2D eigenvalue weighted by molar-refractivity contribution is 0.364. The van der Waals surface area contributed by atoms with Gasteiger partial charge in [0.2, 0.25) is 5.82 Å². The monoisotopic (exact) mass is 390 g/mol. The molecular formula is C23H22F4O. The van der Waals surface area contributed by atoms with E-state index in [2.05, 4.69) is 6.58 Å². The van der Waals surface area contributed by atoms with Crippen LogP contribution in [0.2, 0.25) is 0 Å². The second-order valence-electron chi connectivity index (χ2n) is 7.00. The summed E-state index contributed by atoms with van der Waals surface area (Å²) in [4.78, 5) is 0. The van der Waals surface area contributed by atoms with Crippen molar-refractivity contribution in [1.82, 2.24) is 0 Å². The Kier molecular flexibility index (Phi) is 6.22. The van der Waals surface area contributed by atoms with Crippen molar-refractivity contribution in [2.24, 2.45) is 5.92 Å². The molecule has 1 aliphatic rings. The predicted octanol–water partition coefficient (Wildman–Crippen LogP) is 7.28. The van der Waals surface area contributed by atoms with Gasteiger partial charge in [0.05, 0.1) is 6.26 Å². The molecule has 1 saturated carbocycles. The number of ether oxygens (including phenoxy) is 1. The SMILES string of the molecule is C=CC1CCC(c2ccc(-c3ccc(OC=CC)c(F)c3F)c(F)c2F)CC1. The van der Waals surface area contributed by atoms with Crippen LogP contribution in [0.3, 0.4) is 0 Å². The van der Waals surface area contributed by atoms with Crippen LogP contribution in [0.25, 0.3) is 11.1 Å².